The van der Waals surface area contributed by atoms with Crippen LogP contribution in [0.4, 0.5) is 5.69 Å². The molecule has 1 heterocycles. The third kappa shape index (κ3) is 4.55. The molecule has 5 heteroatoms. The summed E-state index contributed by atoms with van der Waals surface area (Å²) in [6.07, 6.45) is 5.84. The van der Waals surface area contributed by atoms with Crippen LogP contribution in [0.1, 0.15) is 25.0 Å². The summed E-state index contributed by atoms with van der Waals surface area (Å²) in [5.74, 6) is 0.465. The van der Waals surface area contributed by atoms with Crippen molar-refractivity contribution < 1.29 is 4.79 Å². The molecular formula is C19H26N4O. The van der Waals surface area contributed by atoms with Gasteiger partial charge in [0.15, 0.2) is 11.6 Å². The molecule has 1 fully saturated rings. The van der Waals surface area contributed by atoms with Crippen LogP contribution in [0.5, 0.6) is 0 Å². The van der Waals surface area contributed by atoms with Gasteiger partial charge in [-0.3, -0.25) is 10.2 Å². The predicted octanol–water partition coefficient (Wildman–Crippen LogP) is 2.92. The topological polar surface area (TPSA) is 47.9 Å². The molecule has 0 saturated carbocycles. The lowest BCUT2D eigenvalue weighted by atomic mass is 10.1. The van der Waals surface area contributed by atoms with Crippen LogP contribution in [0, 0.1) is 0 Å². The summed E-state index contributed by atoms with van der Waals surface area (Å²) in [4.78, 5) is 16.3. The number of Topliss-reactive ketones (excluding diaryl/α,β-unsaturated/α-hetero) is 1. The number of hydrazone groups is 1. The average molecular weight is 326 g/mol. The van der Waals surface area contributed by atoms with Gasteiger partial charge in [0, 0.05) is 33.1 Å². The van der Waals surface area contributed by atoms with Gasteiger partial charge in [0.2, 0.25) is 0 Å². The average Bonchev–Trinajstić information content (AvgIpc) is 2.57. The van der Waals surface area contributed by atoms with Crippen molar-refractivity contribution in [3.8, 4) is 0 Å². The highest BCUT2D eigenvalue weighted by molar-refractivity contribution is 6.37. The number of benzene rings is 1. The summed E-state index contributed by atoms with van der Waals surface area (Å²) in [5.41, 5.74) is 6.01. The molecule has 0 bridgehead atoms. The molecule has 0 spiro atoms. The standard InChI is InChI=1S/C19H26N4O/c1-5-7-17-14-18(9-8-16(17)6-2)20-21-19(15(3)24)23-12-10-22(4)11-13-23/h5-9,14,20H,2,10-13H2,1,3-4H3. The van der Waals surface area contributed by atoms with Gasteiger partial charge in [0.1, 0.15) is 0 Å². The van der Waals surface area contributed by atoms with Crippen LogP contribution in [0.3, 0.4) is 0 Å². The van der Waals surface area contributed by atoms with Crippen LogP contribution >= 0.6 is 0 Å². The molecule has 128 valence electrons. The van der Waals surface area contributed by atoms with Crippen LogP contribution in [-0.2, 0) is 4.79 Å². The van der Waals surface area contributed by atoms with E-state index in [0.29, 0.717) is 5.84 Å². The number of likely N-dealkylation sites (N-methyl/N-ethyl adjacent to an activating group) is 1. The molecule has 0 radical (unpaired) electrons. The summed E-state index contributed by atoms with van der Waals surface area (Å²) in [5, 5.41) is 4.37. The van der Waals surface area contributed by atoms with E-state index in [1.165, 1.54) is 0 Å². The van der Waals surface area contributed by atoms with Crippen molar-refractivity contribution in [2.24, 2.45) is 5.10 Å². The Kier molecular flexibility index (Phi) is 6.32. The molecule has 5 nitrogen and oxygen atoms in total. The lowest BCUT2D eigenvalue weighted by Crippen LogP contribution is -2.49. The van der Waals surface area contributed by atoms with Gasteiger partial charge in [0.05, 0.1) is 5.69 Å². The van der Waals surface area contributed by atoms with Gasteiger partial charge in [0.25, 0.3) is 0 Å². The lowest BCUT2D eigenvalue weighted by Gasteiger charge is -2.33. The number of nitrogens with one attached hydrogen (secondary N) is 1. The molecule has 1 aliphatic rings. The maximum Gasteiger partial charge on any atom is 0.196 e. The fourth-order valence-corrected chi connectivity index (χ4v) is 2.66. The summed E-state index contributed by atoms with van der Waals surface area (Å²) in [6, 6.07) is 5.93. The van der Waals surface area contributed by atoms with Gasteiger partial charge >= 0.3 is 0 Å². The maximum absolute atomic E-state index is 12.0. The number of amidine groups is 1. The van der Waals surface area contributed by atoms with Gasteiger partial charge < -0.3 is 9.80 Å². The number of nitrogens with zero attached hydrogens (tertiary/aromatic N) is 3. The largest absolute Gasteiger partial charge is 0.350 e. The second kappa shape index (κ2) is 8.45. The summed E-state index contributed by atoms with van der Waals surface area (Å²) < 4.78 is 0. The Morgan fingerprint density at radius 3 is 2.54 bits per heavy atom. The van der Waals surface area contributed by atoms with Gasteiger partial charge in [-0.05, 0) is 37.2 Å². The van der Waals surface area contributed by atoms with Crippen molar-refractivity contribution in [3.63, 3.8) is 0 Å². The molecule has 0 amide bonds. The number of rotatable bonds is 5. The Balaban J connectivity index is 2.18. The fourth-order valence-electron chi connectivity index (χ4n) is 2.66. The number of carbonyl (C=O) groups is 1. The molecule has 0 unspecified atom stereocenters. The Morgan fingerprint density at radius 2 is 1.96 bits per heavy atom. The van der Waals surface area contributed by atoms with Crippen molar-refractivity contribution >= 4 is 29.5 Å². The van der Waals surface area contributed by atoms with Crippen molar-refractivity contribution in [2.45, 2.75) is 13.8 Å². The van der Waals surface area contributed by atoms with Gasteiger partial charge in [-0.25, -0.2) is 0 Å². The summed E-state index contributed by atoms with van der Waals surface area (Å²) in [6.45, 7) is 10.9. The maximum atomic E-state index is 12.0. The van der Waals surface area contributed by atoms with Gasteiger partial charge in [-0.2, -0.15) is 5.10 Å². The van der Waals surface area contributed by atoms with Crippen molar-refractivity contribution in [3.05, 3.63) is 42.0 Å². The highest BCUT2D eigenvalue weighted by atomic mass is 16.1. The van der Waals surface area contributed by atoms with Crippen LogP contribution in [-0.4, -0.2) is 54.6 Å². The third-order valence-corrected chi connectivity index (χ3v) is 4.06. The number of carbonyl (C=O) groups excluding carboxylic acids is 1. The molecule has 1 saturated heterocycles. The second-order valence-corrected chi connectivity index (χ2v) is 5.94. The zero-order valence-corrected chi connectivity index (χ0v) is 14.7. The second-order valence-electron chi connectivity index (χ2n) is 5.94. The lowest BCUT2D eigenvalue weighted by molar-refractivity contribution is -0.111. The molecule has 1 N–H and O–H groups in total. The highest BCUT2D eigenvalue weighted by Crippen LogP contribution is 2.19. The Labute approximate surface area is 144 Å². The van der Waals surface area contributed by atoms with E-state index >= 15 is 0 Å². The molecule has 1 aliphatic heterocycles. The van der Waals surface area contributed by atoms with E-state index in [1.54, 1.807) is 6.92 Å². The predicted molar refractivity (Wildman–Crippen MR) is 102 cm³/mol. The molecule has 0 aliphatic carbocycles. The molecule has 0 atom stereocenters. The first-order valence-corrected chi connectivity index (χ1v) is 8.22. The van der Waals surface area contributed by atoms with Gasteiger partial charge in [-0.15, -0.1) is 0 Å². The monoisotopic (exact) mass is 326 g/mol. The number of anilines is 1. The van der Waals surface area contributed by atoms with Crippen molar-refractivity contribution in [1.82, 2.24) is 9.80 Å². The number of piperazine rings is 1. The minimum Gasteiger partial charge on any atom is -0.350 e. The molecule has 1 aromatic carbocycles. The van der Waals surface area contributed by atoms with E-state index in [-0.39, 0.29) is 5.78 Å². The van der Waals surface area contributed by atoms with E-state index < -0.39 is 0 Å². The van der Waals surface area contributed by atoms with E-state index in [2.05, 4.69) is 29.1 Å². The molecule has 2 rings (SSSR count). The first-order chi connectivity index (χ1) is 11.5. The first-order valence-electron chi connectivity index (χ1n) is 8.22. The first kappa shape index (κ1) is 17.9. The minimum absolute atomic E-state index is 0.0246. The number of hydrogen-bond donors (Lipinski definition) is 1. The third-order valence-electron chi connectivity index (χ3n) is 4.06. The Morgan fingerprint density at radius 1 is 1.25 bits per heavy atom. The van der Waals surface area contributed by atoms with E-state index in [9.17, 15) is 4.79 Å². The number of ketones is 1. The van der Waals surface area contributed by atoms with Crippen molar-refractivity contribution in [1.29, 1.82) is 0 Å². The van der Waals surface area contributed by atoms with Crippen LogP contribution in [0.15, 0.2) is 36.0 Å². The SMILES string of the molecule is C=Cc1ccc(NN=C(C(C)=O)N2CCN(C)CC2)cc1C=CC. The van der Waals surface area contributed by atoms with Crippen molar-refractivity contribution in [2.75, 3.05) is 38.7 Å². The van der Waals surface area contributed by atoms with Crippen LogP contribution in [0.25, 0.3) is 12.2 Å². The van der Waals surface area contributed by atoms with E-state index in [0.717, 1.165) is 43.0 Å². The van der Waals surface area contributed by atoms with Crippen LogP contribution < -0.4 is 5.43 Å². The van der Waals surface area contributed by atoms with E-state index in [4.69, 9.17) is 0 Å². The molecule has 0 aromatic heterocycles. The number of allylic oxidation sites excluding steroid dienone is 1. The zero-order valence-electron chi connectivity index (χ0n) is 14.7. The number of hydrogen-bond acceptors (Lipinski definition) is 4. The summed E-state index contributed by atoms with van der Waals surface area (Å²) in [7, 11) is 2.09. The highest BCUT2D eigenvalue weighted by Gasteiger charge is 2.20. The Bertz CT molecular complexity index is 655. The quantitative estimate of drug-likeness (QED) is 0.513. The zero-order chi connectivity index (χ0) is 17.5. The normalized spacial score (nSPS) is 16.5. The Hall–Kier alpha value is -2.40. The van der Waals surface area contributed by atoms with E-state index in [1.807, 2.05) is 48.3 Å². The smallest absolute Gasteiger partial charge is 0.196 e. The molecule has 1 aromatic rings. The fraction of sp³-hybridized carbons (Fsp3) is 0.368. The molecule has 24 heavy (non-hydrogen) atoms. The summed E-state index contributed by atoms with van der Waals surface area (Å²) >= 11 is 0. The minimum atomic E-state index is -0.0246. The van der Waals surface area contributed by atoms with Crippen LogP contribution in [0.2, 0.25) is 0 Å². The molecular weight excluding hydrogens is 300 g/mol. The van der Waals surface area contributed by atoms with Gasteiger partial charge in [-0.1, -0.05) is 30.9 Å².